The van der Waals surface area contributed by atoms with E-state index in [-0.39, 0.29) is 11.8 Å². The van der Waals surface area contributed by atoms with Crippen LogP contribution in [0.15, 0.2) is 66.3 Å². The van der Waals surface area contributed by atoms with Gasteiger partial charge in [-0.3, -0.25) is 4.79 Å². The van der Waals surface area contributed by atoms with Crippen molar-refractivity contribution in [1.82, 2.24) is 10.1 Å². The lowest BCUT2D eigenvalue weighted by Crippen LogP contribution is -2.58. The van der Waals surface area contributed by atoms with Crippen LogP contribution in [0.5, 0.6) is 11.6 Å². The summed E-state index contributed by atoms with van der Waals surface area (Å²) >= 11 is 1.32. The molecule has 152 valence electrons. The average Bonchev–Trinajstić information content (AvgIpc) is 2.76. The number of hydrogen-bond donors (Lipinski definition) is 0. The first-order valence-electron chi connectivity index (χ1n) is 9.33. The number of anilines is 1. The zero-order chi connectivity index (χ0) is 21.3. The van der Waals surface area contributed by atoms with E-state index in [2.05, 4.69) is 16.7 Å². The first kappa shape index (κ1) is 19.9. The predicted molar refractivity (Wildman–Crippen MR) is 112 cm³/mol. The molecular weight excluding hydrogens is 400 g/mol. The van der Waals surface area contributed by atoms with Crippen molar-refractivity contribution in [3.05, 3.63) is 66.7 Å². The Labute approximate surface area is 178 Å². The number of carbonyl (C=O) groups excluding carboxylic acids is 1. The number of thioether (sulfide) groups is 1. The van der Waals surface area contributed by atoms with Crippen molar-refractivity contribution >= 4 is 23.4 Å². The molecule has 0 radical (unpaired) electrons. The SMILES string of the molecule is C=CCSc1nc([O-])c2[n+](n1)C(c1ccc(OC)cc1)N(C(C)=O)c1ccccc1-2. The molecule has 1 aliphatic heterocycles. The van der Waals surface area contributed by atoms with E-state index in [4.69, 9.17) is 4.74 Å². The molecule has 8 heteroatoms. The van der Waals surface area contributed by atoms with Crippen LogP contribution in [0.2, 0.25) is 0 Å². The van der Waals surface area contributed by atoms with Gasteiger partial charge in [-0.25, -0.2) is 9.88 Å². The van der Waals surface area contributed by atoms with Crippen molar-refractivity contribution in [2.24, 2.45) is 0 Å². The van der Waals surface area contributed by atoms with Crippen molar-refractivity contribution in [1.29, 1.82) is 0 Å². The van der Waals surface area contributed by atoms with Gasteiger partial charge in [0, 0.05) is 23.3 Å². The molecule has 0 N–H and O–H groups in total. The molecule has 1 unspecified atom stereocenters. The van der Waals surface area contributed by atoms with Gasteiger partial charge in [-0.1, -0.05) is 34.7 Å². The maximum atomic E-state index is 13.0. The number of ether oxygens (including phenoxy) is 1. The van der Waals surface area contributed by atoms with Gasteiger partial charge >= 0.3 is 0 Å². The zero-order valence-corrected chi connectivity index (χ0v) is 17.4. The molecule has 1 aliphatic rings. The monoisotopic (exact) mass is 420 g/mol. The molecule has 1 amide bonds. The Bertz CT molecular complexity index is 1120. The van der Waals surface area contributed by atoms with Gasteiger partial charge in [0.05, 0.1) is 24.2 Å². The molecule has 0 bridgehead atoms. The minimum atomic E-state index is -0.628. The van der Waals surface area contributed by atoms with Crippen LogP contribution < -0.4 is 19.4 Å². The number of hydrogen-bond acceptors (Lipinski definition) is 6. The number of aromatic nitrogens is 3. The summed E-state index contributed by atoms with van der Waals surface area (Å²) in [4.78, 5) is 18.6. The van der Waals surface area contributed by atoms with E-state index in [1.807, 2.05) is 48.5 Å². The highest BCUT2D eigenvalue weighted by Gasteiger charge is 2.43. The maximum Gasteiger partial charge on any atom is 0.293 e. The highest BCUT2D eigenvalue weighted by Crippen LogP contribution is 2.40. The highest BCUT2D eigenvalue weighted by molar-refractivity contribution is 7.99. The largest absolute Gasteiger partial charge is 0.854 e. The fourth-order valence-corrected chi connectivity index (χ4v) is 4.11. The van der Waals surface area contributed by atoms with Crippen molar-refractivity contribution in [2.45, 2.75) is 18.2 Å². The Morgan fingerprint density at radius 2 is 2.03 bits per heavy atom. The van der Waals surface area contributed by atoms with Crippen LogP contribution in [0.1, 0.15) is 18.7 Å². The summed E-state index contributed by atoms with van der Waals surface area (Å²) in [7, 11) is 1.60. The minimum absolute atomic E-state index is 0.159. The third-order valence-corrected chi connectivity index (χ3v) is 5.63. The van der Waals surface area contributed by atoms with E-state index >= 15 is 0 Å². The molecular formula is C22H20N4O3S. The quantitative estimate of drug-likeness (QED) is 0.359. The van der Waals surface area contributed by atoms with Crippen LogP contribution in [0, 0.1) is 0 Å². The Kier molecular flexibility index (Phi) is 5.41. The fourth-order valence-electron chi connectivity index (χ4n) is 3.55. The molecule has 2 heterocycles. The third-order valence-electron chi connectivity index (χ3n) is 4.80. The van der Waals surface area contributed by atoms with Crippen molar-refractivity contribution < 1.29 is 19.3 Å². The van der Waals surface area contributed by atoms with Crippen LogP contribution in [0.4, 0.5) is 5.69 Å². The Balaban J connectivity index is 1.99. The predicted octanol–water partition coefficient (Wildman–Crippen LogP) is 2.70. The number of methoxy groups -OCH3 is 1. The minimum Gasteiger partial charge on any atom is -0.854 e. The van der Waals surface area contributed by atoms with Gasteiger partial charge in [0.25, 0.3) is 17.0 Å². The van der Waals surface area contributed by atoms with Crippen LogP contribution in [0.3, 0.4) is 0 Å². The van der Waals surface area contributed by atoms with E-state index in [0.717, 1.165) is 5.56 Å². The van der Waals surface area contributed by atoms with Crippen LogP contribution >= 0.6 is 11.8 Å². The Morgan fingerprint density at radius 3 is 2.70 bits per heavy atom. The van der Waals surface area contributed by atoms with E-state index in [1.165, 1.54) is 18.7 Å². The first-order chi connectivity index (χ1) is 14.5. The van der Waals surface area contributed by atoms with Crippen LogP contribution in [-0.2, 0) is 4.79 Å². The Morgan fingerprint density at radius 1 is 1.30 bits per heavy atom. The molecule has 0 fully saturated rings. The number of benzene rings is 2. The molecule has 0 aliphatic carbocycles. The van der Waals surface area contributed by atoms with E-state index in [1.54, 1.807) is 22.8 Å². The second-order valence-electron chi connectivity index (χ2n) is 6.65. The second kappa shape index (κ2) is 8.16. The molecule has 7 nitrogen and oxygen atoms in total. The van der Waals surface area contributed by atoms with Gasteiger partial charge in [0.15, 0.2) is 0 Å². The molecule has 0 saturated heterocycles. The van der Waals surface area contributed by atoms with E-state index < -0.39 is 6.17 Å². The summed E-state index contributed by atoms with van der Waals surface area (Å²) < 4.78 is 6.87. The van der Waals surface area contributed by atoms with Crippen molar-refractivity contribution in [3.8, 4) is 22.9 Å². The lowest BCUT2D eigenvalue weighted by Gasteiger charge is -2.32. The van der Waals surface area contributed by atoms with Gasteiger partial charge in [-0.15, -0.1) is 6.58 Å². The van der Waals surface area contributed by atoms with Gasteiger partial charge in [0.2, 0.25) is 5.91 Å². The summed E-state index contributed by atoms with van der Waals surface area (Å²) in [6.45, 7) is 5.21. The van der Waals surface area contributed by atoms with Gasteiger partial charge in [-0.2, -0.15) is 0 Å². The van der Waals surface area contributed by atoms with Crippen LogP contribution in [-0.4, -0.2) is 28.9 Å². The topological polar surface area (TPSA) is 82.3 Å². The molecule has 3 aromatic rings. The number of para-hydroxylation sites is 1. The third kappa shape index (κ3) is 3.39. The molecule has 1 aromatic heterocycles. The van der Waals surface area contributed by atoms with Crippen LogP contribution in [0.25, 0.3) is 11.3 Å². The van der Waals surface area contributed by atoms with E-state index in [9.17, 15) is 9.90 Å². The number of rotatable bonds is 5. The molecule has 0 saturated carbocycles. The number of amides is 1. The summed E-state index contributed by atoms with van der Waals surface area (Å²) in [5.41, 5.74) is 2.43. The van der Waals surface area contributed by atoms with Gasteiger partial charge in [0.1, 0.15) is 5.75 Å². The Hall–Kier alpha value is -3.39. The van der Waals surface area contributed by atoms with Crippen molar-refractivity contribution in [2.75, 3.05) is 17.8 Å². The molecule has 1 atom stereocenters. The van der Waals surface area contributed by atoms with Gasteiger partial charge in [-0.05, 0) is 36.4 Å². The number of carbonyl (C=O) groups is 1. The average molecular weight is 420 g/mol. The van der Waals surface area contributed by atoms with Gasteiger partial charge < -0.3 is 9.84 Å². The molecule has 30 heavy (non-hydrogen) atoms. The smallest absolute Gasteiger partial charge is 0.293 e. The summed E-state index contributed by atoms with van der Waals surface area (Å²) in [5.74, 6) is 0.724. The summed E-state index contributed by atoms with van der Waals surface area (Å²) in [5, 5.41) is 18.0. The second-order valence-corrected chi connectivity index (χ2v) is 7.63. The normalized spacial score (nSPS) is 14.6. The standard InChI is InChI=1S/C22H20N4O3S/c1-4-13-30-22-23-20(28)19-17-7-5-6-8-18(17)25(14(2)27)21(26(19)24-22)15-9-11-16(29-3)12-10-15/h4-12,21H,1,13H2,2-3H3. The molecule has 4 rings (SSSR count). The summed E-state index contributed by atoms with van der Waals surface area (Å²) in [6, 6.07) is 14.7. The maximum absolute atomic E-state index is 13.0. The number of fused-ring (bicyclic) bond motifs is 3. The first-order valence-corrected chi connectivity index (χ1v) is 10.3. The van der Waals surface area contributed by atoms with E-state index in [0.29, 0.717) is 33.6 Å². The number of nitrogens with zero attached hydrogens (tertiary/aromatic N) is 4. The zero-order valence-electron chi connectivity index (χ0n) is 16.6. The highest BCUT2D eigenvalue weighted by atomic mass is 32.2. The van der Waals surface area contributed by atoms with Crippen molar-refractivity contribution in [3.63, 3.8) is 0 Å². The molecule has 0 spiro atoms. The molecule has 2 aromatic carbocycles. The summed E-state index contributed by atoms with van der Waals surface area (Å²) in [6.07, 6.45) is 1.10. The lowest BCUT2D eigenvalue weighted by atomic mass is 10.0. The fraction of sp³-hybridized carbons (Fsp3) is 0.182. The lowest BCUT2D eigenvalue weighted by molar-refractivity contribution is -0.764.